The number of nitro benzene ring substituents is 1. The van der Waals surface area contributed by atoms with Gasteiger partial charge in [-0.2, -0.15) is 0 Å². The molecular formula is C16H11ClN2O5. The molecule has 0 aliphatic rings. The minimum absolute atomic E-state index is 0.00759. The number of aromatic hydroxyl groups is 1. The first-order chi connectivity index (χ1) is 11.5. The van der Waals surface area contributed by atoms with Crippen molar-refractivity contribution in [2.45, 2.75) is 0 Å². The number of aromatic nitrogens is 1. The van der Waals surface area contributed by atoms with Crippen LogP contribution < -0.4 is 4.74 Å². The average Bonchev–Trinajstić information content (AvgIpc) is 2.95. The summed E-state index contributed by atoms with van der Waals surface area (Å²) in [6.07, 6.45) is 3.13. The van der Waals surface area contributed by atoms with Crippen LogP contribution in [0, 0.1) is 10.1 Å². The maximum absolute atomic E-state index is 11.0. The van der Waals surface area contributed by atoms with Gasteiger partial charge in [0.2, 0.25) is 11.6 Å². The van der Waals surface area contributed by atoms with Gasteiger partial charge in [-0.05, 0) is 35.9 Å². The maximum Gasteiger partial charge on any atom is 0.315 e. The van der Waals surface area contributed by atoms with Crippen LogP contribution in [0.15, 0.2) is 34.7 Å². The van der Waals surface area contributed by atoms with Gasteiger partial charge in [0.1, 0.15) is 5.52 Å². The van der Waals surface area contributed by atoms with Crippen LogP contribution in [0.25, 0.3) is 23.3 Å². The van der Waals surface area contributed by atoms with Crippen molar-refractivity contribution in [1.29, 1.82) is 0 Å². The number of phenolic OH excluding ortho intramolecular Hbond substituents is 1. The third kappa shape index (κ3) is 3.02. The molecule has 0 bridgehead atoms. The number of nitro groups is 1. The van der Waals surface area contributed by atoms with E-state index in [-0.39, 0.29) is 5.75 Å². The summed E-state index contributed by atoms with van der Waals surface area (Å²) in [6, 6.07) is 7.77. The summed E-state index contributed by atoms with van der Waals surface area (Å²) in [5, 5.41) is 21.3. The molecule has 0 amide bonds. The second-order valence-corrected chi connectivity index (χ2v) is 5.28. The zero-order valence-electron chi connectivity index (χ0n) is 12.4. The maximum atomic E-state index is 11.0. The first kappa shape index (κ1) is 15.8. The fourth-order valence-corrected chi connectivity index (χ4v) is 2.33. The molecule has 7 nitrogen and oxygen atoms in total. The van der Waals surface area contributed by atoms with Gasteiger partial charge in [0.15, 0.2) is 11.3 Å². The molecule has 1 N–H and O–H groups in total. The highest BCUT2D eigenvalue weighted by atomic mass is 35.5. The molecule has 0 aliphatic carbocycles. The zero-order valence-corrected chi connectivity index (χ0v) is 13.1. The number of oxazole rings is 1. The quantitative estimate of drug-likeness (QED) is 0.559. The Labute approximate surface area is 140 Å². The molecule has 0 fully saturated rings. The van der Waals surface area contributed by atoms with Crippen molar-refractivity contribution in [3.63, 3.8) is 0 Å². The lowest BCUT2D eigenvalue weighted by Crippen LogP contribution is -1.93. The third-order valence-corrected chi connectivity index (χ3v) is 3.51. The third-order valence-electron chi connectivity index (χ3n) is 3.28. The van der Waals surface area contributed by atoms with Crippen LogP contribution in [-0.2, 0) is 0 Å². The van der Waals surface area contributed by atoms with Gasteiger partial charge in [-0.1, -0.05) is 11.6 Å². The van der Waals surface area contributed by atoms with E-state index in [2.05, 4.69) is 4.98 Å². The highest BCUT2D eigenvalue weighted by Gasteiger charge is 2.19. The van der Waals surface area contributed by atoms with Crippen LogP contribution in [0.3, 0.4) is 0 Å². The van der Waals surface area contributed by atoms with E-state index in [1.165, 1.54) is 19.2 Å². The Morgan fingerprint density at radius 3 is 2.83 bits per heavy atom. The molecule has 0 atom stereocenters. The number of fused-ring (bicyclic) bond motifs is 1. The smallest absolute Gasteiger partial charge is 0.315 e. The summed E-state index contributed by atoms with van der Waals surface area (Å²) in [6.45, 7) is 0. The van der Waals surface area contributed by atoms with E-state index in [0.717, 1.165) is 0 Å². The second-order valence-electron chi connectivity index (χ2n) is 4.85. The van der Waals surface area contributed by atoms with E-state index in [1.54, 1.807) is 30.4 Å². The number of phenols is 1. The van der Waals surface area contributed by atoms with Crippen molar-refractivity contribution >= 4 is 40.5 Å². The number of halogens is 1. The second kappa shape index (κ2) is 6.21. The summed E-state index contributed by atoms with van der Waals surface area (Å²) in [5.74, 6) is -0.189. The molecule has 0 radical (unpaired) electrons. The first-order valence-electron chi connectivity index (χ1n) is 6.77. The summed E-state index contributed by atoms with van der Waals surface area (Å²) >= 11 is 5.90. The summed E-state index contributed by atoms with van der Waals surface area (Å²) in [4.78, 5) is 14.6. The molecule has 1 heterocycles. The molecule has 0 aliphatic heterocycles. The number of ether oxygens (including phenoxy) is 1. The summed E-state index contributed by atoms with van der Waals surface area (Å²) in [5.41, 5.74) is 1.19. The fraction of sp³-hybridized carbons (Fsp3) is 0.0625. The van der Waals surface area contributed by atoms with Gasteiger partial charge in [0.25, 0.3) is 0 Å². The Morgan fingerprint density at radius 1 is 1.33 bits per heavy atom. The van der Waals surface area contributed by atoms with Gasteiger partial charge in [-0.25, -0.2) is 4.98 Å². The van der Waals surface area contributed by atoms with Gasteiger partial charge in [0, 0.05) is 17.2 Å². The molecule has 0 saturated heterocycles. The van der Waals surface area contributed by atoms with Gasteiger partial charge < -0.3 is 14.3 Å². The highest BCUT2D eigenvalue weighted by Crippen LogP contribution is 2.37. The van der Waals surface area contributed by atoms with Crippen molar-refractivity contribution < 1.29 is 19.2 Å². The number of benzene rings is 2. The van der Waals surface area contributed by atoms with Crippen LogP contribution in [0.5, 0.6) is 11.5 Å². The number of hydrogen-bond acceptors (Lipinski definition) is 6. The minimum Gasteiger partial charge on any atom is -0.500 e. The van der Waals surface area contributed by atoms with Crippen molar-refractivity contribution in [2.75, 3.05) is 7.11 Å². The predicted molar refractivity (Wildman–Crippen MR) is 89.3 cm³/mol. The standard InChI is InChI=1S/C16H11ClN2O5/c1-23-14-7-9(6-12(16(14)20)19(21)22)2-5-15-18-11-8-10(17)3-4-13(11)24-15/h2-8,20H,1H3/b5-2+. The molecule has 3 aromatic rings. The number of nitrogens with zero attached hydrogens (tertiary/aromatic N) is 2. The molecule has 122 valence electrons. The lowest BCUT2D eigenvalue weighted by atomic mass is 10.1. The molecule has 0 spiro atoms. The molecule has 3 rings (SSSR count). The van der Waals surface area contributed by atoms with Gasteiger partial charge >= 0.3 is 5.69 Å². The number of rotatable bonds is 4. The van der Waals surface area contributed by atoms with E-state index < -0.39 is 16.4 Å². The zero-order chi connectivity index (χ0) is 17.3. The molecule has 24 heavy (non-hydrogen) atoms. The molecule has 2 aromatic carbocycles. The average molecular weight is 347 g/mol. The number of hydrogen-bond donors (Lipinski definition) is 1. The lowest BCUT2D eigenvalue weighted by molar-refractivity contribution is -0.386. The molecule has 1 aromatic heterocycles. The largest absolute Gasteiger partial charge is 0.500 e. The predicted octanol–water partition coefficient (Wildman–Crippen LogP) is 4.27. The summed E-state index contributed by atoms with van der Waals surface area (Å²) in [7, 11) is 1.32. The number of methoxy groups -OCH3 is 1. The van der Waals surface area contributed by atoms with Crippen molar-refractivity contribution in [3.8, 4) is 11.5 Å². The van der Waals surface area contributed by atoms with E-state index in [9.17, 15) is 15.2 Å². The minimum atomic E-state index is -0.684. The van der Waals surface area contributed by atoms with Crippen molar-refractivity contribution in [3.05, 3.63) is 56.9 Å². The monoisotopic (exact) mass is 346 g/mol. The van der Waals surface area contributed by atoms with Gasteiger partial charge in [0.05, 0.1) is 12.0 Å². The Balaban J connectivity index is 1.98. The van der Waals surface area contributed by atoms with Crippen LogP contribution in [0.1, 0.15) is 11.5 Å². The van der Waals surface area contributed by atoms with E-state index in [1.807, 2.05) is 0 Å². The molecular weight excluding hydrogens is 336 g/mol. The van der Waals surface area contributed by atoms with E-state index in [4.69, 9.17) is 20.8 Å². The topological polar surface area (TPSA) is 98.6 Å². The van der Waals surface area contributed by atoms with Crippen molar-refractivity contribution in [1.82, 2.24) is 4.98 Å². The van der Waals surface area contributed by atoms with E-state index >= 15 is 0 Å². The fourth-order valence-electron chi connectivity index (χ4n) is 2.16. The molecule has 8 heteroatoms. The highest BCUT2D eigenvalue weighted by molar-refractivity contribution is 6.31. The lowest BCUT2D eigenvalue weighted by Gasteiger charge is -2.05. The van der Waals surface area contributed by atoms with Crippen LogP contribution in [0.2, 0.25) is 5.02 Å². The Morgan fingerprint density at radius 2 is 2.12 bits per heavy atom. The van der Waals surface area contributed by atoms with E-state index in [0.29, 0.717) is 27.6 Å². The van der Waals surface area contributed by atoms with Gasteiger partial charge in [-0.3, -0.25) is 10.1 Å². The van der Waals surface area contributed by atoms with Crippen molar-refractivity contribution in [2.24, 2.45) is 0 Å². The molecule has 0 saturated carbocycles. The molecule has 0 unspecified atom stereocenters. The van der Waals surface area contributed by atoms with Crippen LogP contribution in [-0.4, -0.2) is 22.1 Å². The first-order valence-corrected chi connectivity index (χ1v) is 7.15. The van der Waals surface area contributed by atoms with Crippen LogP contribution >= 0.6 is 11.6 Å². The van der Waals surface area contributed by atoms with Crippen LogP contribution in [0.4, 0.5) is 5.69 Å². The normalized spacial score (nSPS) is 11.2. The summed E-state index contributed by atoms with van der Waals surface area (Å²) < 4.78 is 10.5. The Kier molecular flexibility index (Phi) is 4.09. The SMILES string of the molecule is COc1cc(/C=C/c2nc3cc(Cl)ccc3o2)cc([N+](=O)[O-])c1O. The Hall–Kier alpha value is -3.06. The van der Waals surface area contributed by atoms with Gasteiger partial charge in [-0.15, -0.1) is 0 Å². The Bertz CT molecular complexity index is 965.